The maximum Gasteiger partial charge on any atom is 0.294 e. The summed E-state index contributed by atoms with van der Waals surface area (Å²) in [6, 6.07) is 4.92. The number of anilines is 1. The van der Waals surface area contributed by atoms with Gasteiger partial charge in [-0.1, -0.05) is 6.07 Å². The molecule has 1 aromatic heterocycles. The van der Waals surface area contributed by atoms with Crippen LogP contribution in [0.15, 0.2) is 18.2 Å². The third-order valence-corrected chi connectivity index (χ3v) is 2.18. The number of nitro benzene ring substituents is 1. The average molecular weight is 206 g/mol. The van der Waals surface area contributed by atoms with Crippen LogP contribution in [0.5, 0.6) is 0 Å². The zero-order chi connectivity index (χ0) is 11.0. The van der Waals surface area contributed by atoms with Gasteiger partial charge in [0.15, 0.2) is 5.82 Å². The molecule has 0 saturated heterocycles. The molecule has 2 rings (SSSR count). The largest absolute Gasteiger partial charge is 0.361 e. The van der Waals surface area contributed by atoms with E-state index >= 15 is 0 Å². The summed E-state index contributed by atoms with van der Waals surface area (Å²) in [5.41, 5.74) is 0.513. The fraction of sp³-hybridized carbons (Fsp3) is 0.222. The molecule has 6 heteroatoms. The second-order valence-electron chi connectivity index (χ2n) is 3.40. The number of H-pyrrole nitrogens is 1. The van der Waals surface area contributed by atoms with Crippen LogP contribution in [0.3, 0.4) is 0 Å². The summed E-state index contributed by atoms with van der Waals surface area (Å²) in [5.74, 6) is 0.703. The van der Waals surface area contributed by atoms with Crippen molar-refractivity contribution in [2.45, 2.75) is 0 Å². The normalized spacial score (nSPS) is 10.5. The number of nitrogens with zero attached hydrogens (tertiary/aromatic N) is 3. The lowest BCUT2D eigenvalue weighted by atomic mass is 10.2. The Balaban J connectivity index is 2.74. The van der Waals surface area contributed by atoms with Crippen molar-refractivity contribution in [2.24, 2.45) is 0 Å². The van der Waals surface area contributed by atoms with Gasteiger partial charge in [0.1, 0.15) is 5.52 Å². The minimum Gasteiger partial charge on any atom is -0.361 e. The SMILES string of the molecule is CN(C)c1n[nH]c2c([N+](=O)[O-])cccc12. The van der Waals surface area contributed by atoms with Crippen molar-refractivity contribution in [3.8, 4) is 0 Å². The van der Waals surface area contributed by atoms with Crippen LogP contribution in [0.1, 0.15) is 0 Å². The Labute approximate surface area is 85.7 Å². The fourth-order valence-corrected chi connectivity index (χ4v) is 1.51. The smallest absolute Gasteiger partial charge is 0.294 e. The van der Waals surface area contributed by atoms with Crippen molar-refractivity contribution in [2.75, 3.05) is 19.0 Å². The van der Waals surface area contributed by atoms with Crippen molar-refractivity contribution >= 4 is 22.4 Å². The van der Waals surface area contributed by atoms with Crippen molar-refractivity contribution < 1.29 is 4.92 Å². The Bertz CT molecular complexity index is 518. The van der Waals surface area contributed by atoms with Crippen LogP contribution in [-0.2, 0) is 0 Å². The highest BCUT2D eigenvalue weighted by Crippen LogP contribution is 2.28. The summed E-state index contributed by atoms with van der Waals surface area (Å²) in [7, 11) is 3.68. The summed E-state index contributed by atoms with van der Waals surface area (Å²) in [5, 5.41) is 18.2. The molecule has 0 fully saturated rings. The van der Waals surface area contributed by atoms with Crippen LogP contribution in [0.25, 0.3) is 10.9 Å². The van der Waals surface area contributed by atoms with E-state index in [1.807, 2.05) is 19.0 Å². The molecule has 0 radical (unpaired) electrons. The molecular formula is C9H10N4O2. The van der Waals surface area contributed by atoms with Gasteiger partial charge in [-0.2, -0.15) is 5.10 Å². The van der Waals surface area contributed by atoms with Crippen molar-refractivity contribution in [1.82, 2.24) is 10.2 Å². The average Bonchev–Trinajstić information content (AvgIpc) is 2.59. The van der Waals surface area contributed by atoms with E-state index in [0.717, 1.165) is 5.39 Å². The number of aromatic nitrogens is 2. The molecule has 1 aromatic carbocycles. The molecular weight excluding hydrogens is 196 g/mol. The summed E-state index contributed by atoms with van der Waals surface area (Å²) >= 11 is 0. The molecule has 1 N–H and O–H groups in total. The lowest BCUT2D eigenvalue weighted by Gasteiger charge is -2.07. The molecule has 15 heavy (non-hydrogen) atoms. The maximum absolute atomic E-state index is 10.7. The van der Waals surface area contributed by atoms with Crippen LogP contribution < -0.4 is 4.90 Å². The summed E-state index contributed by atoms with van der Waals surface area (Å²) in [4.78, 5) is 12.1. The van der Waals surface area contributed by atoms with Crippen molar-refractivity contribution in [3.63, 3.8) is 0 Å². The van der Waals surface area contributed by atoms with Gasteiger partial charge < -0.3 is 4.90 Å². The minimum atomic E-state index is -0.417. The topological polar surface area (TPSA) is 75.1 Å². The van der Waals surface area contributed by atoms with Gasteiger partial charge in [-0.25, -0.2) is 0 Å². The number of rotatable bonds is 2. The van der Waals surface area contributed by atoms with Crippen LogP contribution in [-0.4, -0.2) is 29.2 Å². The molecule has 2 aromatic rings. The second-order valence-corrected chi connectivity index (χ2v) is 3.40. The monoisotopic (exact) mass is 206 g/mol. The van der Waals surface area contributed by atoms with Gasteiger partial charge in [0.2, 0.25) is 0 Å². The van der Waals surface area contributed by atoms with Crippen molar-refractivity contribution in [3.05, 3.63) is 28.3 Å². The van der Waals surface area contributed by atoms with E-state index in [4.69, 9.17) is 0 Å². The first-order valence-corrected chi connectivity index (χ1v) is 4.40. The van der Waals surface area contributed by atoms with E-state index in [1.54, 1.807) is 12.1 Å². The molecule has 0 atom stereocenters. The van der Waals surface area contributed by atoms with Crippen LogP contribution in [0.2, 0.25) is 0 Å². The molecule has 0 saturated carbocycles. The van der Waals surface area contributed by atoms with E-state index in [1.165, 1.54) is 6.07 Å². The van der Waals surface area contributed by atoms with E-state index in [0.29, 0.717) is 11.3 Å². The second kappa shape index (κ2) is 3.23. The number of non-ortho nitro benzene ring substituents is 1. The van der Waals surface area contributed by atoms with E-state index in [2.05, 4.69) is 10.2 Å². The number of hydrogen-bond donors (Lipinski definition) is 1. The Morgan fingerprint density at radius 1 is 1.47 bits per heavy atom. The number of benzene rings is 1. The minimum absolute atomic E-state index is 0.0492. The first kappa shape index (κ1) is 9.45. The Morgan fingerprint density at radius 3 is 2.80 bits per heavy atom. The predicted molar refractivity (Wildman–Crippen MR) is 57.1 cm³/mol. The standard InChI is InChI=1S/C9H10N4O2/c1-12(2)9-6-4-3-5-7(13(14)15)8(6)10-11-9/h3-5H,1-2H3,(H,10,11). The van der Waals surface area contributed by atoms with Gasteiger partial charge in [-0.05, 0) is 6.07 Å². The lowest BCUT2D eigenvalue weighted by Crippen LogP contribution is -2.09. The molecule has 6 nitrogen and oxygen atoms in total. The molecule has 0 aliphatic heterocycles. The van der Waals surface area contributed by atoms with Gasteiger partial charge in [-0.15, -0.1) is 0 Å². The number of fused-ring (bicyclic) bond motifs is 1. The number of aromatic amines is 1. The zero-order valence-corrected chi connectivity index (χ0v) is 8.39. The third-order valence-electron chi connectivity index (χ3n) is 2.18. The number of hydrogen-bond acceptors (Lipinski definition) is 4. The molecule has 0 aliphatic rings. The van der Waals surface area contributed by atoms with E-state index < -0.39 is 4.92 Å². The number of nitrogens with one attached hydrogen (secondary N) is 1. The molecule has 0 spiro atoms. The zero-order valence-electron chi connectivity index (χ0n) is 8.39. The van der Waals surface area contributed by atoms with Gasteiger partial charge in [0.25, 0.3) is 5.69 Å². The number of para-hydroxylation sites is 1. The highest BCUT2D eigenvalue weighted by atomic mass is 16.6. The third kappa shape index (κ3) is 1.39. The van der Waals surface area contributed by atoms with Gasteiger partial charge in [0, 0.05) is 20.2 Å². The van der Waals surface area contributed by atoms with Gasteiger partial charge in [0.05, 0.1) is 10.3 Å². The van der Waals surface area contributed by atoms with E-state index in [9.17, 15) is 10.1 Å². The van der Waals surface area contributed by atoms with Gasteiger partial charge in [-0.3, -0.25) is 15.2 Å². The maximum atomic E-state index is 10.7. The molecule has 1 heterocycles. The van der Waals surface area contributed by atoms with Crippen LogP contribution in [0, 0.1) is 10.1 Å². The van der Waals surface area contributed by atoms with Crippen molar-refractivity contribution in [1.29, 1.82) is 0 Å². The predicted octanol–water partition coefficient (Wildman–Crippen LogP) is 1.54. The Kier molecular flexibility index (Phi) is 2.03. The quantitative estimate of drug-likeness (QED) is 0.597. The summed E-state index contributed by atoms with van der Waals surface area (Å²) < 4.78 is 0. The van der Waals surface area contributed by atoms with E-state index in [-0.39, 0.29) is 5.69 Å². The Morgan fingerprint density at radius 2 is 2.20 bits per heavy atom. The van der Waals surface area contributed by atoms with Gasteiger partial charge >= 0.3 is 0 Å². The highest BCUT2D eigenvalue weighted by molar-refractivity contribution is 5.95. The summed E-state index contributed by atoms with van der Waals surface area (Å²) in [6.45, 7) is 0. The molecule has 78 valence electrons. The molecule has 0 bridgehead atoms. The number of nitro groups is 1. The molecule has 0 amide bonds. The summed E-state index contributed by atoms with van der Waals surface area (Å²) in [6.07, 6.45) is 0. The molecule has 0 unspecified atom stereocenters. The first-order chi connectivity index (χ1) is 7.11. The molecule has 0 aliphatic carbocycles. The highest BCUT2D eigenvalue weighted by Gasteiger charge is 2.16. The first-order valence-electron chi connectivity index (χ1n) is 4.40. The van der Waals surface area contributed by atoms with Crippen LogP contribution in [0.4, 0.5) is 11.5 Å². The Hall–Kier alpha value is -2.11. The van der Waals surface area contributed by atoms with Crippen LogP contribution >= 0.6 is 0 Å². The lowest BCUT2D eigenvalue weighted by molar-refractivity contribution is -0.383. The fourth-order valence-electron chi connectivity index (χ4n) is 1.51.